The number of nitrogens with zero attached hydrogens (tertiary/aromatic N) is 1. The summed E-state index contributed by atoms with van der Waals surface area (Å²) in [6.07, 6.45) is 0.955. The van der Waals surface area contributed by atoms with Gasteiger partial charge in [0.2, 0.25) is 0 Å². The van der Waals surface area contributed by atoms with Gasteiger partial charge in [-0.1, -0.05) is 24.6 Å². The molecule has 112 valence electrons. The van der Waals surface area contributed by atoms with Gasteiger partial charge in [-0.05, 0) is 30.7 Å². The van der Waals surface area contributed by atoms with E-state index in [2.05, 4.69) is 10.3 Å². The van der Waals surface area contributed by atoms with Crippen LogP contribution in [-0.2, 0) is 6.61 Å². The van der Waals surface area contributed by atoms with Crippen LogP contribution in [0.4, 0.5) is 14.6 Å². The monoisotopic (exact) mass is 312 g/mol. The normalized spacial score (nSPS) is 10.5. The molecule has 0 aliphatic rings. The highest BCUT2D eigenvalue weighted by Gasteiger charge is 2.12. The van der Waals surface area contributed by atoms with Crippen molar-refractivity contribution >= 4 is 17.4 Å². The van der Waals surface area contributed by atoms with Crippen LogP contribution in [0, 0.1) is 11.6 Å². The van der Waals surface area contributed by atoms with Crippen molar-refractivity contribution in [2.75, 3.05) is 11.9 Å². The first kappa shape index (κ1) is 15.5. The van der Waals surface area contributed by atoms with E-state index in [9.17, 15) is 8.78 Å². The Morgan fingerprint density at radius 3 is 2.57 bits per heavy atom. The van der Waals surface area contributed by atoms with Gasteiger partial charge >= 0.3 is 0 Å². The van der Waals surface area contributed by atoms with E-state index in [1.807, 2.05) is 6.92 Å². The van der Waals surface area contributed by atoms with Crippen molar-refractivity contribution in [3.8, 4) is 5.75 Å². The lowest BCUT2D eigenvalue weighted by molar-refractivity contribution is 0.270. The van der Waals surface area contributed by atoms with Gasteiger partial charge in [0.15, 0.2) is 17.4 Å². The minimum absolute atomic E-state index is 0.113. The van der Waals surface area contributed by atoms with Crippen LogP contribution in [0.5, 0.6) is 5.75 Å². The van der Waals surface area contributed by atoms with Crippen molar-refractivity contribution in [2.24, 2.45) is 0 Å². The zero-order valence-electron chi connectivity index (χ0n) is 11.5. The van der Waals surface area contributed by atoms with Crippen LogP contribution in [0.25, 0.3) is 0 Å². The van der Waals surface area contributed by atoms with E-state index in [1.165, 1.54) is 6.07 Å². The van der Waals surface area contributed by atoms with Crippen molar-refractivity contribution in [3.63, 3.8) is 0 Å². The number of rotatable bonds is 6. The molecule has 1 heterocycles. The Kier molecular flexibility index (Phi) is 5.33. The molecule has 0 unspecified atom stereocenters. The molecule has 21 heavy (non-hydrogen) atoms. The molecule has 0 radical (unpaired) electrons. The van der Waals surface area contributed by atoms with Crippen molar-refractivity contribution in [3.05, 3.63) is 52.7 Å². The summed E-state index contributed by atoms with van der Waals surface area (Å²) in [4.78, 5) is 4.27. The molecule has 3 nitrogen and oxygen atoms in total. The van der Waals surface area contributed by atoms with Gasteiger partial charge in [-0.15, -0.1) is 0 Å². The Morgan fingerprint density at radius 1 is 1.19 bits per heavy atom. The summed E-state index contributed by atoms with van der Waals surface area (Å²) < 4.78 is 32.1. The molecular formula is C15H15ClF2N2O. The van der Waals surface area contributed by atoms with E-state index in [0.29, 0.717) is 16.5 Å². The molecule has 0 amide bonds. The van der Waals surface area contributed by atoms with Gasteiger partial charge in [0, 0.05) is 6.54 Å². The first-order valence-electron chi connectivity index (χ1n) is 6.58. The van der Waals surface area contributed by atoms with Gasteiger partial charge in [-0.25, -0.2) is 13.8 Å². The Morgan fingerprint density at radius 2 is 1.90 bits per heavy atom. The zero-order valence-corrected chi connectivity index (χ0v) is 12.3. The fourth-order valence-electron chi connectivity index (χ4n) is 1.70. The van der Waals surface area contributed by atoms with E-state index in [4.69, 9.17) is 16.3 Å². The Labute approximate surface area is 126 Å². The highest BCUT2D eigenvalue weighted by molar-refractivity contribution is 6.31. The SMILES string of the molecule is CCCNc1ccc(Cl)c(COc2c(F)cccc2F)n1. The predicted molar refractivity (Wildman–Crippen MR) is 78.7 cm³/mol. The quantitative estimate of drug-likeness (QED) is 0.857. The fourth-order valence-corrected chi connectivity index (χ4v) is 1.86. The molecule has 0 spiro atoms. The average molecular weight is 313 g/mol. The standard InChI is InChI=1S/C15H15ClF2N2O/c1-2-8-19-14-7-6-10(16)13(20-14)9-21-15-11(17)4-3-5-12(15)18/h3-7H,2,8-9H2,1H3,(H,19,20). The van der Waals surface area contributed by atoms with Crippen LogP contribution in [0.3, 0.4) is 0 Å². The molecule has 1 N–H and O–H groups in total. The molecule has 0 aliphatic carbocycles. The topological polar surface area (TPSA) is 34.1 Å². The molecule has 0 bridgehead atoms. The molecule has 0 fully saturated rings. The zero-order chi connectivity index (χ0) is 15.2. The maximum atomic E-state index is 13.5. The summed E-state index contributed by atoms with van der Waals surface area (Å²) >= 11 is 6.02. The third-order valence-electron chi connectivity index (χ3n) is 2.75. The third-order valence-corrected chi connectivity index (χ3v) is 3.09. The van der Waals surface area contributed by atoms with Gasteiger partial charge in [0.25, 0.3) is 0 Å². The highest BCUT2D eigenvalue weighted by Crippen LogP contribution is 2.24. The van der Waals surface area contributed by atoms with Crippen LogP contribution in [0.15, 0.2) is 30.3 Å². The van der Waals surface area contributed by atoms with E-state index in [-0.39, 0.29) is 6.61 Å². The summed E-state index contributed by atoms with van der Waals surface area (Å²) in [5.74, 6) is -1.30. The number of ether oxygens (including phenoxy) is 1. The number of benzene rings is 1. The van der Waals surface area contributed by atoms with E-state index < -0.39 is 17.4 Å². The number of anilines is 1. The first-order valence-corrected chi connectivity index (χ1v) is 6.95. The van der Waals surface area contributed by atoms with Crippen molar-refractivity contribution in [2.45, 2.75) is 20.0 Å². The minimum atomic E-state index is -0.758. The summed E-state index contributed by atoms with van der Waals surface area (Å²) in [5, 5.41) is 3.49. The largest absolute Gasteiger partial charge is 0.481 e. The van der Waals surface area contributed by atoms with Crippen LogP contribution in [0.1, 0.15) is 19.0 Å². The van der Waals surface area contributed by atoms with Crippen molar-refractivity contribution in [1.82, 2.24) is 4.98 Å². The van der Waals surface area contributed by atoms with Crippen molar-refractivity contribution < 1.29 is 13.5 Å². The minimum Gasteiger partial charge on any atom is -0.481 e. The summed E-state index contributed by atoms with van der Waals surface area (Å²) in [5.41, 5.74) is 0.417. The van der Waals surface area contributed by atoms with Gasteiger partial charge < -0.3 is 10.1 Å². The molecule has 0 saturated carbocycles. The van der Waals surface area contributed by atoms with Gasteiger partial charge in [-0.3, -0.25) is 0 Å². The maximum Gasteiger partial charge on any atom is 0.191 e. The number of hydrogen-bond donors (Lipinski definition) is 1. The highest BCUT2D eigenvalue weighted by atomic mass is 35.5. The van der Waals surface area contributed by atoms with Crippen LogP contribution < -0.4 is 10.1 Å². The molecule has 0 aliphatic heterocycles. The lowest BCUT2D eigenvalue weighted by atomic mass is 10.3. The summed E-state index contributed by atoms with van der Waals surface area (Å²) in [6, 6.07) is 6.95. The number of nitrogens with one attached hydrogen (secondary N) is 1. The third kappa shape index (κ3) is 4.04. The summed E-state index contributed by atoms with van der Waals surface area (Å²) in [6.45, 7) is 2.70. The van der Waals surface area contributed by atoms with Gasteiger partial charge in [-0.2, -0.15) is 0 Å². The van der Waals surface area contributed by atoms with Gasteiger partial charge in [0.1, 0.15) is 12.4 Å². The number of para-hydroxylation sites is 1. The average Bonchev–Trinajstić information content (AvgIpc) is 2.47. The Bertz CT molecular complexity index is 602. The molecule has 2 rings (SSSR count). The molecule has 1 aromatic heterocycles. The lowest BCUT2D eigenvalue weighted by Crippen LogP contribution is -2.06. The number of aromatic nitrogens is 1. The second-order valence-corrected chi connectivity index (χ2v) is 4.80. The maximum absolute atomic E-state index is 13.5. The Balaban J connectivity index is 2.12. The second kappa shape index (κ2) is 7.22. The first-order chi connectivity index (χ1) is 10.1. The lowest BCUT2D eigenvalue weighted by Gasteiger charge is -2.11. The van der Waals surface area contributed by atoms with Gasteiger partial charge in [0.05, 0.1) is 10.7 Å². The molecule has 0 saturated heterocycles. The molecule has 0 atom stereocenters. The summed E-state index contributed by atoms with van der Waals surface area (Å²) in [7, 11) is 0. The number of hydrogen-bond acceptors (Lipinski definition) is 3. The second-order valence-electron chi connectivity index (χ2n) is 4.39. The van der Waals surface area contributed by atoms with Crippen LogP contribution in [0.2, 0.25) is 5.02 Å². The molecule has 1 aromatic carbocycles. The van der Waals surface area contributed by atoms with E-state index >= 15 is 0 Å². The predicted octanol–water partition coefficient (Wildman–Crippen LogP) is 4.41. The smallest absolute Gasteiger partial charge is 0.191 e. The number of halogens is 3. The fraction of sp³-hybridized carbons (Fsp3) is 0.267. The number of pyridine rings is 1. The molecular weight excluding hydrogens is 298 g/mol. The van der Waals surface area contributed by atoms with Crippen molar-refractivity contribution in [1.29, 1.82) is 0 Å². The Hall–Kier alpha value is -1.88. The van der Waals surface area contributed by atoms with E-state index in [0.717, 1.165) is 25.1 Å². The molecule has 6 heteroatoms. The van der Waals surface area contributed by atoms with E-state index in [1.54, 1.807) is 12.1 Å². The van der Waals surface area contributed by atoms with Crippen LogP contribution in [-0.4, -0.2) is 11.5 Å². The van der Waals surface area contributed by atoms with Crippen LogP contribution >= 0.6 is 11.6 Å². The molecule has 2 aromatic rings.